The first-order valence-corrected chi connectivity index (χ1v) is 9.99. The fourth-order valence-corrected chi connectivity index (χ4v) is 5.81. The molecule has 0 radical (unpaired) electrons. The van der Waals surface area contributed by atoms with Crippen LogP contribution in [0, 0.1) is 17.8 Å². The Hall–Kier alpha value is -2.08. The van der Waals surface area contributed by atoms with Crippen molar-refractivity contribution in [2.45, 2.75) is 44.1 Å². The summed E-state index contributed by atoms with van der Waals surface area (Å²) in [6, 6.07) is 6.95. The molecule has 6 nitrogen and oxygen atoms in total. The number of nitrogens with one attached hydrogen (secondary N) is 2. The smallest absolute Gasteiger partial charge is 0.340 e. The van der Waals surface area contributed by atoms with E-state index in [0.717, 1.165) is 37.0 Å². The Morgan fingerprint density at radius 2 is 1.70 bits per heavy atom. The van der Waals surface area contributed by atoms with Crippen molar-refractivity contribution >= 4 is 17.6 Å². The van der Waals surface area contributed by atoms with Crippen LogP contribution in [0.1, 0.15) is 48.9 Å². The lowest BCUT2D eigenvalue weighted by atomic mass is 9.53. The van der Waals surface area contributed by atoms with Crippen molar-refractivity contribution in [2.24, 2.45) is 17.8 Å². The van der Waals surface area contributed by atoms with E-state index < -0.39 is 5.97 Å². The largest absolute Gasteiger partial charge is 0.452 e. The van der Waals surface area contributed by atoms with E-state index in [0.29, 0.717) is 17.8 Å². The van der Waals surface area contributed by atoms with Crippen molar-refractivity contribution in [3.8, 4) is 0 Å². The highest BCUT2D eigenvalue weighted by molar-refractivity contribution is 5.96. The van der Waals surface area contributed by atoms with Crippen LogP contribution in [0.2, 0.25) is 0 Å². The summed E-state index contributed by atoms with van der Waals surface area (Å²) in [7, 11) is 0. The van der Waals surface area contributed by atoms with Gasteiger partial charge < -0.3 is 20.5 Å². The van der Waals surface area contributed by atoms with Crippen LogP contribution < -0.4 is 10.6 Å². The third kappa shape index (κ3) is 3.95. The predicted molar refractivity (Wildman–Crippen MR) is 101 cm³/mol. The zero-order valence-corrected chi connectivity index (χ0v) is 15.6. The maximum Gasteiger partial charge on any atom is 0.340 e. The zero-order chi connectivity index (χ0) is 18.9. The van der Waals surface area contributed by atoms with Gasteiger partial charge in [-0.3, -0.25) is 4.79 Å². The van der Waals surface area contributed by atoms with Crippen LogP contribution in [0.15, 0.2) is 24.3 Å². The number of ether oxygens (including phenoxy) is 1. The number of esters is 1. The highest BCUT2D eigenvalue weighted by atomic mass is 16.5. The molecule has 4 fully saturated rings. The van der Waals surface area contributed by atoms with Crippen molar-refractivity contribution in [3.63, 3.8) is 0 Å². The second-order valence-corrected chi connectivity index (χ2v) is 8.52. The number of aliphatic hydroxyl groups is 1. The zero-order valence-electron chi connectivity index (χ0n) is 15.6. The third-order valence-corrected chi connectivity index (χ3v) is 6.35. The van der Waals surface area contributed by atoms with Gasteiger partial charge in [0.25, 0.3) is 5.91 Å². The summed E-state index contributed by atoms with van der Waals surface area (Å²) >= 11 is 0. The second-order valence-electron chi connectivity index (χ2n) is 8.52. The molecule has 0 aromatic heterocycles. The molecule has 0 saturated heterocycles. The van der Waals surface area contributed by atoms with E-state index in [9.17, 15) is 9.59 Å². The minimum Gasteiger partial charge on any atom is -0.452 e. The molecule has 4 saturated carbocycles. The first kappa shape index (κ1) is 18.3. The number of anilines is 1. The van der Waals surface area contributed by atoms with E-state index in [1.807, 2.05) is 0 Å². The van der Waals surface area contributed by atoms with Gasteiger partial charge in [-0.15, -0.1) is 0 Å². The standard InChI is InChI=1S/C21H28N2O4/c24-6-5-22-18-4-2-1-3-17(18)20(26)27-13-19(25)23-21-10-14-7-15(11-21)9-16(8-14)12-21/h1-4,14-16,22,24H,5-13H2,(H,23,25). The van der Waals surface area contributed by atoms with Gasteiger partial charge in [0.15, 0.2) is 6.61 Å². The highest BCUT2D eigenvalue weighted by Crippen LogP contribution is 2.55. The number of aliphatic hydroxyl groups excluding tert-OH is 1. The first-order valence-electron chi connectivity index (χ1n) is 9.99. The number of hydrogen-bond donors (Lipinski definition) is 3. The quantitative estimate of drug-likeness (QED) is 0.640. The van der Waals surface area contributed by atoms with Crippen molar-refractivity contribution in [1.29, 1.82) is 0 Å². The Kier molecular flexibility index (Phi) is 5.08. The van der Waals surface area contributed by atoms with Gasteiger partial charge in [0, 0.05) is 17.8 Å². The molecule has 6 heteroatoms. The Bertz CT molecular complexity index is 683. The second kappa shape index (κ2) is 7.50. The Balaban J connectivity index is 1.33. The molecular formula is C21H28N2O4. The molecule has 0 heterocycles. The molecule has 1 aromatic rings. The molecule has 146 valence electrons. The molecular weight excluding hydrogens is 344 g/mol. The number of rotatable bonds is 7. The molecule has 1 aromatic carbocycles. The van der Waals surface area contributed by atoms with Crippen LogP contribution in [0.3, 0.4) is 0 Å². The summed E-state index contributed by atoms with van der Waals surface area (Å²) in [5, 5.41) is 15.1. The summed E-state index contributed by atoms with van der Waals surface area (Å²) in [6.07, 6.45) is 7.19. The van der Waals surface area contributed by atoms with E-state index in [1.54, 1.807) is 24.3 Å². The van der Waals surface area contributed by atoms with Crippen LogP contribution in [-0.4, -0.2) is 42.3 Å². The van der Waals surface area contributed by atoms with E-state index in [4.69, 9.17) is 9.84 Å². The van der Waals surface area contributed by atoms with E-state index in [-0.39, 0.29) is 24.7 Å². The summed E-state index contributed by atoms with van der Waals surface area (Å²) in [5.74, 6) is 1.53. The van der Waals surface area contributed by atoms with Crippen LogP contribution in [0.4, 0.5) is 5.69 Å². The van der Waals surface area contributed by atoms with Crippen molar-refractivity contribution in [1.82, 2.24) is 5.32 Å². The lowest BCUT2D eigenvalue weighted by Gasteiger charge is -2.56. The number of benzene rings is 1. The van der Waals surface area contributed by atoms with Crippen molar-refractivity contribution in [2.75, 3.05) is 25.1 Å². The van der Waals surface area contributed by atoms with E-state index in [1.165, 1.54) is 19.3 Å². The SMILES string of the molecule is O=C(COC(=O)c1ccccc1NCCO)NC12CC3CC(CC(C3)C1)C2. The topological polar surface area (TPSA) is 87.7 Å². The third-order valence-electron chi connectivity index (χ3n) is 6.35. The monoisotopic (exact) mass is 372 g/mol. The average molecular weight is 372 g/mol. The van der Waals surface area contributed by atoms with Crippen LogP contribution in [-0.2, 0) is 9.53 Å². The Morgan fingerprint density at radius 3 is 2.33 bits per heavy atom. The molecule has 4 aliphatic carbocycles. The van der Waals surface area contributed by atoms with E-state index in [2.05, 4.69) is 10.6 Å². The molecule has 27 heavy (non-hydrogen) atoms. The van der Waals surface area contributed by atoms with Crippen molar-refractivity contribution < 1.29 is 19.4 Å². The van der Waals surface area contributed by atoms with Gasteiger partial charge in [0.05, 0.1) is 12.2 Å². The first-order chi connectivity index (χ1) is 13.1. The van der Waals surface area contributed by atoms with Crippen molar-refractivity contribution in [3.05, 3.63) is 29.8 Å². The Morgan fingerprint density at radius 1 is 1.07 bits per heavy atom. The maximum absolute atomic E-state index is 12.5. The van der Waals surface area contributed by atoms with Crippen LogP contribution >= 0.6 is 0 Å². The number of para-hydroxylation sites is 1. The van der Waals surface area contributed by atoms with Gasteiger partial charge in [-0.25, -0.2) is 4.79 Å². The molecule has 0 unspecified atom stereocenters. The highest BCUT2D eigenvalue weighted by Gasteiger charge is 2.51. The molecule has 0 spiro atoms. The minimum absolute atomic E-state index is 0.0309. The minimum atomic E-state index is -0.531. The lowest BCUT2D eigenvalue weighted by Crippen LogP contribution is -2.60. The van der Waals surface area contributed by atoms with Gasteiger partial charge in [-0.05, 0) is 68.4 Å². The average Bonchev–Trinajstić information content (AvgIpc) is 2.63. The summed E-state index contributed by atoms with van der Waals surface area (Å²) in [6.45, 7) is 0.0581. The molecule has 0 atom stereocenters. The fraction of sp³-hybridized carbons (Fsp3) is 0.619. The number of amides is 1. The lowest BCUT2D eigenvalue weighted by molar-refractivity contribution is -0.130. The summed E-state index contributed by atoms with van der Waals surface area (Å²) < 4.78 is 5.27. The molecule has 4 bridgehead atoms. The number of carbonyl (C=O) groups excluding carboxylic acids is 2. The number of hydrogen-bond acceptors (Lipinski definition) is 5. The Labute approximate surface area is 159 Å². The number of carbonyl (C=O) groups is 2. The van der Waals surface area contributed by atoms with E-state index >= 15 is 0 Å². The van der Waals surface area contributed by atoms with Gasteiger partial charge in [0.2, 0.25) is 0 Å². The van der Waals surface area contributed by atoms with Gasteiger partial charge >= 0.3 is 5.97 Å². The maximum atomic E-state index is 12.5. The molecule has 4 aliphatic rings. The normalized spacial score (nSPS) is 30.8. The fourth-order valence-electron chi connectivity index (χ4n) is 5.81. The molecule has 1 amide bonds. The predicted octanol–water partition coefficient (Wildman–Crippen LogP) is 2.33. The molecule has 0 aliphatic heterocycles. The van der Waals surface area contributed by atoms with Crippen LogP contribution in [0.25, 0.3) is 0 Å². The molecule has 3 N–H and O–H groups in total. The van der Waals surface area contributed by atoms with Gasteiger partial charge in [-0.1, -0.05) is 12.1 Å². The summed E-state index contributed by atoms with van der Waals surface area (Å²) in [5.41, 5.74) is 0.894. The molecule has 5 rings (SSSR count). The van der Waals surface area contributed by atoms with Crippen LogP contribution in [0.5, 0.6) is 0 Å². The van der Waals surface area contributed by atoms with Gasteiger partial charge in [-0.2, -0.15) is 0 Å². The summed E-state index contributed by atoms with van der Waals surface area (Å²) in [4.78, 5) is 24.9. The van der Waals surface area contributed by atoms with Gasteiger partial charge in [0.1, 0.15) is 0 Å².